The predicted octanol–water partition coefficient (Wildman–Crippen LogP) is 1.91. The van der Waals surface area contributed by atoms with Crippen molar-refractivity contribution in [3.63, 3.8) is 0 Å². The van der Waals surface area contributed by atoms with E-state index in [2.05, 4.69) is 27.3 Å². The molecule has 0 bridgehead atoms. The molecule has 8 heteroatoms. The summed E-state index contributed by atoms with van der Waals surface area (Å²) in [6, 6.07) is 11.6. The number of amides is 1. The average Bonchev–Trinajstić information content (AvgIpc) is 3.26. The van der Waals surface area contributed by atoms with Crippen LogP contribution >= 0.6 is 0 Å². The summed E-state index contributed by atoms with van der Waals surface area (Å²) >= 11 is 0. The van der Waals surface area contributed by atoms with E-state index in [0.717, 1.165) is 24.1 Å². The molecule has 0 N–H and O–H groups in total. The second kappa shape index (κ2) is 7.27. The number of hydrogen-bond acceptors (Lipinski definition) is 6. The highest BCUT2D eigenvalue weighted by atomic mass is 16.5. The van der Waals surface area contributed by atoms with E-state index >= 15 is 0 Å². The van der Waals surface area contributed by atoms with Crippen molar-refractivity contribution in [3.8, 4) is 0 Å². The molecule has 2 fully saturated rings. The SMILES string of the molecule is O=C(Cn1cnc(C2CC2)cc1=O)N1C[C@H](c2ncon2)[C@H](c2ccccc2)C1. The highest BCUT2D eigenvalue weighted by Crippen LogP contribution is 2.39. The molecule has 1 aliphatic carbocycles. The number of carbonyl (C=O) groups excluding carboxylic acids is 1. The van der Waals surface area contributed by atoms with Crippen LogP contribution in [0.5, 0.6) is 0 Å². The fraction of sp³-hybridized carbons (Fsp3) is 0.381. The Labute approximate surface area is 167 Å². The molecular weight excluding hydrogens is 370 g/mol. The standard InChI is InChI=1S/C21H21N5O3/c27-19-8-18(15-6-7-15)22-12-26(19)11-20(28)25-9-16(14-4-2-1-3-5-14)17(10-25)21-23-13-29-24-21/h1-5,8,12-13,15-17H,6-7,9-11H2/t16-,17-/m0/s1. The quantitative estimate of drug-likeness (QED) is 0.660. The van der Waals surface area contributed by atoms with Gasteiger partial charge in [-0.1, -0.05) is 35.5 Å². The van der Waals surface area contributed by atoms with Crippen LogP contribution in [0.15, 0.2) is 58.4 Å². The van der Waals surface area contributed by atoms with E-state index in [1.807, 2.05) is 18.2 Å². The molecule has 3 aromatic rings. The third-order valence-corrected chi connectivity index (χ3v) is 5.81. The van der Waals surface area contributed by atoms with Crippen LogP contribution in [0.4, 0.5) is 0 Å². The van der Waals surface area contributed by atoms with Gasteiger partial charge in [0.2, 0.25) is 12.3 Å². The van der Waals surface area contributed by atoms with Gasteiger partial charge < -0.3 is 9.42 Å². The molecule has 2 atom stereocenters. The number of nitrogens with zero attached hydrogens (tertiary/aromatic N) is 5. The van der Waals surface area contributed by atoms with Gasteiger partial charge in [0.15, 0.2) is 5.82 Å². The summed E-state index contributed by atoms with van der Waals surface area (Å²) < 4.78 is 6.32. The van der Waals surface area contributed by atoms with Gasteiger partial charge in [-0.15, -0.1) is 0 Å². The van der Waals surface area contributed by atoms with Gasteiger partial charge in [-0.05, 0) is 18.4 Å². The van der Waals surface area contributed by atoms with Gasteiger partial charge in [0.1, 0.15) is 6.54 Å². The Kier molecular flexibility index (Phi) is 4.46. The van der Waals surface area contributed by atoms with Crippen LogP contribution in [0.2, 0.25) is 0 Å². The summed E-state index contributed by atoms with van der Waals surface area (Å²) in [5, 5.41) is 4.01. The van der Waals surface area contributed by atoms with Crippen molar-refractivity contribution in [1.29, 1.82) is 0 Å². The Hall–Kier alpha value is -3.29. The number of benzene rings is 1. The van der Waals surface area contributed by atoms with E-state index in [0.29, 0.717) is 24.8 Å². The topological polar surface area (TPSA) is 94.1 Å². The van der Waals surface area contributed by atoms with Crippen LogP contribution in [0.3, 0.4) is 0 Å². The minimum absolute atomic E-state index is 0.0166. The van der Waals surface area contributed by atoms with Crippen LogP contribution in [-0.4, -0.2) is 43.6 Å². The van der Waals surface area contributed by atoms with E-state index in [-0.39, 0.29) is 29.8 Å². The molecule has 1 aliphatic heterocycles. The van der Waals surface area contributed by atoms with E-state index in [1.165, 1.54) is 17.3 Å². The zero-order chi connectivity index (χ0) is 19.8. The van der Waals surface area contributed by atoms with Crippen LogP contribution < -0.4 is 5.56 Å². The van der Waals surface area contributed by atoms with Crippen molar-refractivity contribution >= 4 is 5.91 Å². The van der Waals surface area contributed by atoms with Gasteiger partial charge in [0.05, 0.1) is 12.0 Å². The Morgan fingerprint density at radius 1 is 1.10 bits per heavy atom. The van der Waals surface area contributed by atoms with Gasteiger partial charge in [0, 0.05) is 36.9 Å². The van der Waals surface area contributed by atoms with Crippen LogP contribution in [0, 0.1) is 0 Å². The average molecular weight is 391 g/mol. The molecule has 29 heavy (non-hydrogen) atoms. The van der Waals surface area contributed by atoms with Crippen molar-refractivity contribution in [1.82, 2.24) is 24.6 Å². The van der Waals surface area contributed by atoms with Crippen molar-refractivity contribution in [3.05, 3.63) is 76.6 Å². The highest BCUT2D eigenvalue weighted by molar-refractivity contribution is 5.76. The Morgan fingerprint density at radius 3 is 2.59 bits per heavy atom. The maximum Gasteiger partial charge on any atom is 0.254 e. The number of hydrogen-bond donors (Lipinski definition) is 0. The molecule has 1 saturated heterocycles. The second-order valence-corrected chi connectivity index (χ2v) is 7.77. The molecular formula is C21H21N5O3. The zero-order valence-electron chi connectivity index (χ0n) is 15.8. The minimum Gasteiger partial charge on any atom is -0.343 e. The van der Waals surface area contributed by atoms with Crippen LogP contribution in [-0.2, 0) is 11.3 Å². The summed E-state index contributed by atoms with van der Waals surface area (Å²) in [6.45, 7) is 1.02. The van der Waals surface area contributed by atoms with Gasteiger partial charge in [-0.25, -0.2) is 4.98 Å². The first kappa shape index (κ1) is 17.8. The fourth-order valence-corrected chi connectivity index (χ4v) is 4.06. The number of aromatic nitrogens is 4. The van der Waals surface area contributed by atoms with Crippen LogP contribution in [0.25, 0.3) is 0 Å². The molecule has 1 amide bonds. The highest BCUT2D eigenvalue weighted by Gasteiger charge is 2.39. The molecule has 148 valence electrons. The Morgan fingerprint density at radius 2 is 1.90 bits per heavy atom. The van der Waals surface area contributed by atoms with Crippen molar-refractivity contribution < 1.29 is 9.32 Å². The third-order valence-electron chi connectivity index (χ3n) is 5.81. The molecule has 5 rings (SSSR count). The number of rotatable bonds is 5. The zero-order valence-corrected chi connectivity index (χ0v) is 15.8. The first-order valence-corrected chi connectivity index (χ1v) is 9.84. The summed E-state index contributed by atoms with van der Waals surface area (Å²) in [7, 11) is 0. The number of carbonyl (C=O) groups is 1. The molecule has 8 nitrogen and oxygen atoms in total. The predicted molar refractivity (Wildman–Crippen MR) is 103 cm³/mol. The van der Waals surface area contributed by atoms with Gasteiger partial charge in [0.25, 0.3) is 5.56 Å². The summed E-state index contributed by atoms with van der Waals surface area (Å²) in [5.74, 6) is 0.924. The summed E-state index contributed by atoms with van der Waals surface area (Å²) in [5.41, 5.74) is 1.79. The molecule has 0 unspecified atom stereocenters. The maximum absolute atomic E-state index is 13.0. The molecule has 1 aromatic carbocycles. The van der Waals surface area contributed by atoms with E-state index in [1.54, 1.807) is 11.0 Å². The maximum atomic E-state index is 13.0. The molecule has 0 radical (unpaired) electrons. The van der Waals surface area contributed by atoms with E-state index in [9.17, 15) is 9.59 Å². The lowest BCUT2D eigenvalue weighted by Gasteiger charge is -2.17. The lowest BCUT2D eigenvalue weighted by Crippen LogP contribution is -2.35. The largest absolute Gasteiger partial charge is 0.343 e. The minimum atomic E-state index is -0.177. The Bertz CT molecular complexity index is 1060. The lowest BCUT2D eigenvalue weighted by molar-refractivity contribution is -0.130. The van der Waals surface area contributed by atoms with E-state index in [4.69, 9.17) is 4.52 Å². The molecule has 2 aromatic heterocycles. The lowest BCUT2D eigenvalue weighted by atomic mass is 9.88. The third kappa shape index (κ3) is 3.57. The van der Waals surface area contributed by atoms with Crippen molar-refractivity contribution in [2.75, 3.05) is 13.1 Å². The van der Waals surface area contributed by atoms with Crippen molar-refractivity contribution in [2.24, 2.45) is 0 Å². The molecule has 3 heterocycles. The molecule has 0 spiro atoms. The number of likely N-dealkylation sites (tertiary alicyclic amines) is 1. The van der Waals surface area contributed by atoms with E-state index < -0.39 is 0 Å². The summed E-state index contributed by atoms with van der Waals surface area (Å²) in [4.78, 5) is 35.7. The first-order chi connectivity index (χ1) is 14.2. The molecule has 2 aliphatic rings. The van der Waals surface area contributed by atoms with Gasteiger partial charge in [-0.2, -0.15) is 4.98 Å². The monoisotopic (exact) mass is 391 g/mol. The van der Waals surface area contributed by atoms with Gasteiger partial charge in [-0.3, -0.25) is 14.2 Å². The smallest absolute Gasteiger partial charge is 0.254 e. The normalized spacial score (nSPS) is 21.4. The van der Waals surface area contributed by atoms with Crippen molar-refractivity contribution in [2.45, 2.75) is 37.1 Å². The van der Waals surface area contributed by atoms with Crippen LogP contribution in [0.1, 0.15) is 47.7 Å². The van der Waals surface area contributed by atoms with Gasteiger partial charge >= 0.3 is 0 Å². The Balaban J connectivity index is 1.35. The summed E-state index contributed by atoms with van der Waals surface area (Å²) in [6.07, 6.45) is 4.98. The fourth-order valence-electron chi connectivity index (χ4n) is 4.06. The second-order valence-electron chi connectivity index (χ2n) is 7.77. The molecule has 1 saturated carbocycles. The first-order valence-electron chi connectivity index (χ1n) is 9.84.